The lowest BCUT2D eigenvalue weighted by molar-refractivity contribution is 0.669. The van der Waals surface area contributed by atoms with E-state index in [1.54, 1.807) is 0 Å². The lowest BCUT2D eigenvalue weighted by Crippen LogP contribution is -2.10. The van der Waals surface area contributed by atoms with Crippen LogP contribution in [0.3, 0.4) is 0 Å². The fourth-order valence-corrected chi connectivity index (χ4v) is 6.90. The van der Waals surface area contributed by atoms with Crippen LogP contribution < -0.4 is 4.90 Å². The Morgan fingerprint density at radius 3 is 1.62 bits per heavy atom. The highest BCUT2D eigenvalue weighted by Crippen LogP contribution is 2.43. The molecule has 8 aromatic carbocycles. The smallest absolute Gasteiger partial charge is 0.159 e. The molecule has 48 heavy (non-hydrogen) atoms. The Kier molecular flexibility index (Phi) is 6.84. The first kappa shape index (κ1) is 27.9. The predicted octanol–water partition coefficient (Wildman–Crippen LogP) is 13.2. The van der Waals surface area contributed by atoms with Gasteiger partial charge in [-0.25, -0.2) is 0 Å². The summed E-state index contributed by atoms with van der Waals surface area (Å²) >= 11 is 0. The van der Waals surface area contributed by atoms with Gasteiger partial charge in [-0.1, -0.05) is 146 Å². The first-order chi connectivity index (χ1) is 23.8. The second-order valence-corrected chi connectivity index (χ2v) is 12.2. The predicted molar refractivity (Wildman–Crippen MR) is 202 cm³/mol. The molecule has 0 N–H and O–H groups in total. The van der Waals surface area contributed by atoms with E-state index in [9.17, 15) is 0 Å². The number of furan rings is 1. The van der Waals surface area contributed by atoms with Crippen LogP contribution >= 0.6 is 0 Å². The Hall–Kier alpha value is -6.38. The normalized spacial score (nSPS) is 11.3. The van der Waals surface area contributed by atoms with Gasteiger partial charge in [-0.3, -0.25) is 0 Å². The Balaban J connectivity index is 1.19. The molecular weight excluding hydrogens is 583 g/mol. The summed E-state index contributed by atoms with van der Waals surface area (Å²) in [5, 5.41) is 4.70. The number of anilines is 3. The molecule has 0 aliphatic carbocycles. The van der Waals surface area contributed by atoms with Crippen molar-refractivity contribution in [3.63, 3.8) is 0 Å². The van der Waals surface area contributed by atoms with Crippen molar-refractivity contribution in [2.24, 2.45) is 0 Å². The maximum atomic E-state index is 6.76. The fraction of sp³-hybridized carbons (Fsp3) is 0. The van der Waals surface area contributed by atoms with E-state index in [0.717, 1.165) is 44.6 Å². The highest BCUT2D eigenvalue weighted by molar-refractivity contribution is 6.11. The van der Waals surface area contributed by atoms with E-state index in [-0.39, 0.29) is 0 Å². The van der Waals surface area contributed by atoms with Gasteiger partial charge in [0, 0.05) is 22.1 Å². The number of fused-ring (bicyclic) bond motifs is 4. The van der Waals surface area contributed by atoms with E-state index in [4.69, 9.17) is 4.42 Å². The van der Waals surface area contributed by atoms with Crippen LogP contribution in [-0.2, 0) is 0 Å². The van der Waals surface area contributed by atoms with Gasteiger partial charge in [0.25, 0.3) is 0 Å². The molecule has 0 aliphatic heterocycles. The molecule has 2 heteroatoms. The number of hydrogen-bond acceptors (Lipinski definition) is 2. The lowest BCUT2D eigenvalue weighted by Gasteiger charge is -2.26. The van der Waals surface area contributed by atoms with Gasteiger partial charge in [0.2, 0.25) is 0 Å². The highest BCUT2D eigenvalue weighted by atomic mass is 16.3. The van der Waals surface area contributed by atoms with E-state index < -0.39 is 0 Å². The molecule has 0 amide bonds. The van der Waals surface area contributed by atoms with Crippen LogP contribution in [0.4, 0.5) is 17.1 Å². The van der Waals surface area contributed by atoms with E-state index >= 15 is 0 Å². The van der Waals surface area contributed by atoms with Crippen molar-refractivity contribution in [2.45, 2.75) is 0 Å². The van der Waals surface area contributed by atoms with Crippen molar-refractivity contribution in [3.05, 3.63) is 188 Å². The summed E-state index contributed by atoms with van der Waals surface area (Å²) in [5.41, 5.74) is 12.0. The van der Waals surface area contributed by atoms with Gasteiger partial charge in [0.15, 0.2) is 5.58 Å². The van der Waals surface area contributed by atoms with Crippen LogP contribution in [0.15, 0.2) is 192 Å². The zero-order valence-corrected chi connectivity index (χ0v) is 26.3. The molecule has 1 heterocycles. The first-order valence-corrected chi connectivity index (χ1v) is 16.3. The van der Waals surface area contributed by atoms with E-state index in [0.29, 0.717) is 0 Å². The molecule has 0 radical (unpaired) electrons. The van der Waals surface area contributed by atoms with Gasteiger partial charge in [-0.2, -0.15) is 0 Å². The van der Waals surface area contributed by atoms with Crippen molar-refractivity contribution in [2.75, 3.05) is 4.90 Å². The van der Waals surface area contributed by atoms with Crippen LogP contribution in [-0.4, -0.2) is 0 Å². The minimum absolute atomic E-state index is 0.864. The molecule has 9 rings (SSSR count). The monoisotopic (exact) mass is 613 g/mol. The average molecular weight is 614 g/mol. The molecule has 2 nitrogen and oxygen atoms in total. The third kappa shape index (κ3) is 4.92. The minimum atomic E-state index is 0.864. The Morgan fingerprint density at radius 2 is 0.896 bits per heavy atom. The molecule has 0 fully saturated rings. The molecule has 0 saturated carbocycles. The fourth-order valence-electron chi connectivity index (χ4n) is 6.90. The zero-order chi connectivity index (χ0) is 31.9. The summed E-state index contributed by atoms with van der Waals surface area (Å²) in [5.74, 6) is 0. The van der Waals surface area contributed by atoms with E-state index in [1.165, 1.54) is 38.6 Å². The molecule has 0 unspecified atom stereocenters. The topological polar surface area (TPSA) is 16.4 Å². The van der Waals surface area contributed by atoms with Crippen molar-refractivity contribution in [1.82, 2.24) is 0 Å². The number of rotatable bonds is 6. The zero-order valence-electron chi connectivity index (χ0n) is 26.3. The Morgan fingerprint density at radius 1 is 0.354 bits per heavy atom. The second-order valence-electron chi connectivity index (χ2n) is 12.2. The molecule has 0 aliphatic rings. The standard InChI is InChI=1S/C46H31NO/c1-3-11-32(12-4-1)34-21-26-38(27-22-34)47(39-28-23-36(24-29-39)41-18-9-16-35-15-7-8-17-40(35)41)44-20-10-19-43-42-30-25-37(31-45(42)48-46(43)44)33-13-5-2-6-14-33/h1-31H. The quantitative estimate of drug-likeness (QED) is 0.185. The van der Waals surface area contributed by atoms with Crippen LogP contribution in [0.1, 0.15) is 0 Å². The molecule has 9 aromatic rings. The Labute approximate surface area is 279 Å². The molecule has 1 aromatic heterocycles. The largest absolute Gasteiger partial charge is 0.454 e. The first-order valence-electron chi connectivity index (χ1n) is 16.3. The van der Waals surface area contributed by atoms with Crippen LogP contribution in [0.25, 0.3) is 66.1 Å². The summed E-state index contributed by atoms with van der Waals surface area (Å²) in [6.07, 6.45) is 0. The maximum absolute atomic E-state index is 6.76. The van der Waals surface area contributed by atoms with Gasteiger partial charge < -0.3 is 9.32 Å². The van der Waals surface area contributed by atoms with Crippen LogP contribution in [0.2, 0.25) is 0 Å². The summed E-state index contributed by atoms with van der Waals surface area (Å²) in [7, 11) is 0. The summed E-state index contributed by atoms with van der Waals surface area (Å²) in [6, 6.07) is 66.8. The molecular formula is C46H31NO. The van der Waals surface area contributed by atoms with E-state index in [2.05, 4.69) is 187 Å². The van der Waals surface area contributed by atoms with Gasteiger partial charge in [-0.15, -0.1) is 0 Å². The number of hydrogen-bond donors (Lipinski definition) is 0. The second kappa shape index (κ2) is 11.8. The average Bonchev–Trinajstić information content (AvgIpc) is 3.55. The third-order valence-electron chi connectivity index (χ3n) is 9.28. The molecule has 0 bridgehead atoms. The SMILES string of the molecule is c1ccc(-c2ccc(N(c3ccc(-c4cccc5ccccc45)cc3)c3cccc4c3oc3cc(-c5ccccc5)ccc34)cc2)cc1. The number of para-hydroxylation sites is 1. The van der Waals surface area contributed by atoms with Crippen molar-refractivity contribution in [1.29, 1.82) is 0 Å². The highest BCUT2D eigenvalue weighted by Gasteiger charge is 2.20. The van der Waals surface area contributed by atoms with Crippen molar-refractivity contribution >= 4 is 49.8 Å². The maximum Gasteiger partial charge on any atom is 0.159 e. The van der Waals surface area contributed by atoms with Gasteiger partial charge >= 0.3 is 0 Å². The molecule has 0 atom stereocenters. The molecule has 0 spiro atoms. The summed E-state index contributed by atoms with van der Waals surface area (Å²) in [6.45, 7) is 0. The van der Waals surface area contributed by atoms with E-state index in [1.807, 2.05) is 6.07 Å². The minimum Gasteiger partial charge on any atom is -0.454 e. The van der Waals surface area contributed by atoms with Crippen molar-refractivity contribution < 1.29 is 4.42 Å². The van der Waals surface area contributed by atoms with Crippen LogP contribution in [0, 0.1) is 0 Å². The van der Waals surface area contributed by atoms with Crippen molar-refractivity contribution in [3.8, 4) is 33.4 Å². The molecule has 226 valence electrons. The van der Waals surface area contributed by atoms with Gasteiger partial charge in [0.05, 0.1) is 5.69 Å². The summed E-state index contributed by atoms with van der Waals surface area (Å²) in [4.78, 5) is 2.31. The van der Waals surface area contributed by atoms with Crippen LogP contribution in [0.5, 0.6) is 0 Å². The van der Waals surface area contributed by atoms with Gasteiger partial charge in [0.1, 0.15) is 5.58 Å². The number of benzene rings is 8. The molecule has 0 saturated heterocycles. The number of nitrogens with zero attached hydrogens (tertiary/aromatic N) is 1. The van der Waals surface area contributed by atoms with Gasteiger partial charge in [-0.05, 0) is 86.6 Å². The summed E-state index contributed by atoms with van der Waals surface area (Å²) < 4.78 is 6.76. The Bertz CT molecular complexity index is 2530. The third-order valence-corrected chi connectivity index (χ3v) is 9.28. The lowest BCUT2D eigenvalue weighted by atomic mass is 9.98.